The van der Waals surface area contributed by atoms with Gasteiger partial charge >= 0.3 is 0 Å². The third kappa shape index (κ3) is 2.62. The topological polar surface area (TPSA) is 106 Å². The lowest BCUT2D eigenvalue weighted by atomic mass is 10.1. The van der Waals surface area contributed by atoms with E-state index in [1.54, 1.807) is 6.20 Å². The molecule has 110 valence electrons. The number of anilines is 2. The van der Waals surface area contributed by atoms with Crippen LogP contribution >= 0.6 is 0 Å². The first kappa shape index (κ1) is 13.3. The van der Waals surface area contributed by atoms with Gasteiger partial charge in [-0.1, -0.05) is 0 Å². The molecule has 0 aliphatic carbocycles. The van der Waals surface area contributed by atoms with Crippen molar-refractivity contribution in [2.75, 3.05) is 24.9 Å². The molecule has 0 radical (unpaired) electrons. The Morgan fingerprint density at radius 1 is 1.29 bits per heavy atom. The van der Waals surface area contributed by atoms with E-state index in [0.29, 0.717) is 36.1 Å². The summed E-state index contributed by atoms with van der Waals surface area (Å²) in [6.07, 6.45) is 2.19. The van der Waals surface area contributed by atoms with Crippen LogP contribution < -0.4 is 25.7 Å². The zero-order chi connectivity index (χ0) is 14.8. The fourth-order valence-corrected chi connectivity index (χ4v) is 2.19. The van der Waals surface area contributed by atoms with Gasteiger partial charge in [0.15, 0.2) is 11.5 Å². The number of nitrogen functional groups attached to an aromatic ring is 2. The number of aromatic nitrogens is 2. The largest absolute Gasteiger partial charge is 0.490 e. The highest BCUT2D eigenvalue weighted by atomic mass is 16.7. The summed E-state index contributed by atoms with van der Waals surface area (Å²) in [5.41, 5.74) is 13.1. The molecule has 1 aromatic carbocycles. The van der Waals surface area contributed by atoms with Crippen LogP contribution in [-0.4, -0.2) is 23.4 Å². The van der Waals surface area contributed by atoms with Crippen LogP contribution in [0, 0.1) is 0 Å². The SMILES string of the molecule is CCOc1cc(Cc2cnc(N)nc2N)cc2c1OCO2. The molecule has 0 spiro atoms. The zero-order valence-corrected chi connectivity index (χ0v) is 11.6. The van der Waals surface area contributed by atoms with Crippen molar-refractivity contribution in [1.82, 2.24) is 9.97 Å². The lowest BCUT2D eigenvalue weighted by molar-refractivity contribution is 0.170. The molecule has 0 amide bonds. The summed E-state index contributed by atoms with van der Waals surface area (Å²) < 4.78 is 16.4. The Bertz CT molecular complexity index is 676. The van der Waals surface area contributed by atoms with E-state index in [1.807, 2.05) is 19.1 Å². The Morgan fingerprint density at radius 3 is 2.90 bits per heavy atom. The van der Waals surface area contributed by atoms with Crippen molar-refractivity contribution < 1.29 is 14.2 Å². The smallest absolute Gasteiger partial charge is 0.231 e. The lowest BCUT2D eigenvalue weighted by Crippen LogP contribution is -2.04. The maximum Gasteiger partial charge on any atom is 0.231 e. The molecule has 7 heteroatoms. The fourth-order valence-electron chi connectivity index (χ4n) is 2.19. The summed E-state index contributed by atoms with van der Waals surface area (Å²) in [5.74, 6) is 2.51. The van der Waals surface area contributed by atoms with Crippen LogP contribution in [0.15, 0.2) is 18.3 Å². The molecule has 2 aromatic rings. The summed E-state index contributed by atoms with van der Waals surface area (Å²) in [4.78, 5) is 7.93. The standard InChI is InChI=1S/C14H16N4O3/c1-2-19-10-4-8(5-11-12(10)21-7-20-11)3-9-6-17-14(16)18-13(9)15/h4-6H,2-3,7H2,1H3,(H4,15,16,17,18). The number of benzene rings is 1. The van der Waals surface area contributed by atoms with Crippen LogP contribution in [-0.2, 0) is 6.42 Å². The molecular formula is C14H16N4O3. The molecule has 0 saturated heterocycles. The van der Waals surface area contributed by atoms with Crippen molar-refractivity contribution >= 4 is 11.8 Å². The normalized spacial score (nSPS) is 12.4. The Balaban J connectivity index is 1.93. The Kier molecular flexibility index (Phi) is 3.39. The summed E-state index contributed by atoms with van der Waals surface area (Å²) in [5, 5.41) is 0. The number of rotatable bonds is 4. The van der Waals surface area contributed by atoms with E-state index >= 15 is 0 Å². The molecule has 0 bridgehead atoms. The van der Waals surface area contributed by atoms with E-state index in [0.717, 1.165) is 11.1 Å². The number of hydrogen-bond acceptors (Lipinski definition) is 7. The van der Waals surface area contributed by atoms with Crippen LogP contribution in [0.2, 0.25) is 0 Å². The predicted octanol–water partition coefficient (Wildman–Crippen LogP) is 1.36. The van der Waals surface area contributed by atoms with Gasteiger partial charge in [-0.15, -0.1) is 0 Å². The second kappa shape index (κ2) is 5.35. The monoisotopic (exact) mass is 288 g/mol. The Hall–Kier alpha value is -2.70. The van der Waals surface area contributed by atoms with Crippen LogP contribution in [0.1, 0.15) is 18.1 Å². The van der Waals surface area contributed by atoms with Gasteiger partial charge in [-0.2, -0.15) is 4.98 Å². The molecule has 7 nitrogen and oxygen atoms in total. The van der Waals surface area contributed by atoms with Crippen molar-refractivity contribution in [2.45, 2.75) is 13.3 Å². The third-order valence-electron chi connectivity index (χ3n) is 3.11. The van der Waals surface area contributed by atoms with Crippen molar-refractivity contribution in [1.29, 1.82) is 0 Å². The van der Waals surface area contributed by atoms with Gasteiger partial charge in [-0.25, -0.2) is 4.98 Å². The van der Waals surface area contributed by atoms with E-state index < -0.39 is 0 Å². The number of fused-ring (bicyclic) bond motifs is 1. The number of ether oxygens (including phenoxy) is 3. The van der Waals surface area contributed by atoms with Gasteiger partial charge in [0, 0.05) is 18.2 Å². The molecule has 21 heavy (non-hydrogen) atoms. The van der Waals surface area contributed by atoms with Crippen LogP contribution in [0.25, 0.3) is 0 Å². The maximum absolute atomic E-state index is 5.86. The fraction of sp³-hybridized carbons (Fsp3) is 0.286. The number of hydrogen-bond donors (Lipinski definition) is 2. The summed E-state index contributed by atoms with van der Waals surface area (Å²) in [6.45, 7) is 2.67. The van der Waals surface area contributed by atoms with Gasteiger partial charge in [0.1, 0.15) is 5.82 Å². The Morgan fingerprint density at radius 2 is 2.14 bits per heavy atom. The van der Waals surface area contributed by atoms with E-state index in [9.17, 15) is 0 Å². The summed E-state index contributed by atoms with van der Waals surface area (Å²) >= 11 is 0. The van der Waals surface area contributed by atoms with E-state index in [4.69, 9.17) is 25.7 Å². The van der Waals surface area contributed by atoms with Crippen LogP contribution in [0.5, 0.6) is 17.2 Å². The highest BCUT2D eigenvalue weighted by molar-refractivity contribution is 5.56. The molecule has 0 atom stereocenters. The molecule has 3 rings (SSSR count). The molecule has 1 aliphatic rings. The quantitative estimate of drug-likeness (QED) is 0.874. The Labute approximate surface area is 121 Å². The molecule has 2 heterocycles. The van der Waals surface area contributed by atoms with Gasteiger partial charge in [0.25, 0.3) is 0 Å². The van der Waals surface area contributed by atoms with E-state index in [1.165, 1.54) is 0 Å². The second-order valence-corrected chi connectivity index (χ2v) is 4.58. The zero-order valence-electron chi connectivity index (χ0n) is 11.6. The van der Waals surface area contributed by atoms with Crippen LogP contribution in [0.4, 0.5) is 11.8 Å². The number of nitrogens with two attached hydrogens (primary N) is 2. The minimum atomic E-state index is 0.164. The molecule has 0 unspecified atom stereocenters. The van der Waals surface area contributed by atoms with Gasteiger partial charge < -0.3 is 25.7 Å². The molecule has 1 aliphatic heterocycles. The van der Waals surface area contributed by atoms with Crippen molar-refractivity contribution in [3.8, 4) is 17.2 Å². The van der Waals surface area contributed by atoms with Gasteiger partial charge in [0.05, 0.1) is 6.61 Å². The van der Waals surface area contributed by atoms with E-state index in [-0.39, 0.29) is 12.7 Å². The van der Waals surface area contributed by atoms with Gasteiger partial charge in [0.2, 0.25) is 18.5 Å². The van der Waals surface area contributed by atoms with Crippen LogP contribution in [0.3, 0.4) is 0 Å². The average Bonchev–Trinajstić information content (AvgIpc) is 2.91. The highest BCUT2D eigenvalue weighted by Crippen LogP contribution is 2.42. The molecule has 4 N–H and O–H groups in total. The lowest BCUT2D eigenvalue weighted by Gasteiger charge is -2.10. The second-order valence-electron chi connectivity index (χ2n) is 4.58. The molecule has 0 saturated carbocycles. The molecular weight excluding hydrogens is 272 g/mol. The highest BCUT2D eigenvalue weighted by Gasteiger charge is 2.20. The predicted molar refractivity (Wildman–Crippen MR) is 77.4 cm³/mol. The summed E-state index contributed by atoms with van der Waals surface area (Å²) in [7, 11) is 0. The van der Waals surface area contributed by atoms with Crippen molar-refractivity contribution in [3.63, 3.8) is 0 Å². The third-order valence-corrected chi connectivity index (χ3v) is 3.11. The van der Waals surface area contributed by atoms with Gasteiger partial charge in [-0.3, -0.25) is 0 Å². The van der Waals surface area contributed by atoms with Gasteiger partial charge in [-0.05, 0) is 24.6 Å². The number of nitrogens with zero attached hydrogens (tertiary/aromatic N) is 2. The summed E-state index contributed by atoms with van der Waals surface area (Å²) in [6, 6.07) is 3.81. The van der Waals surface area contributed by atoms with Crippen molar-refractivity contribution in [3.05, 3.63) is 29.5 Å². The minimum Gasteiger partial charge on any atom is -0.490 e. The van der Waals surface area contributed by atoms with Crippen molar-refractivity contribution in [2.24, 2.45) is 0 Å². The average molecular weight is 288 g/mol. The first-order valence-electron chi connectivity index (χ1n) is 6.59. The van der Waals surface area contributed by atoms with E-state index in [2.05, 4.69) is 9.97 Å². The first-order valence-corrected chi connectivity index (χ1v) is 6.59. The molecule has 0 fully saturated rings. The first-order chi connectivity index (χ1) is 10.2. The molecule has 1 aromatic heterocycles. The maximum atomic E-state index is 5.86. The minimum absolute atomic E-state index is 0.164.